The van der Waals surface area contributed by atoms with Gasteiger partial charge < -0.3 is 10.2 Å². The predicted octanol–water partition coefficient (Wildman–Crippen LogP) is -0.356. The summed E-state index contributed by atoms with van der Waals surface area (Å²) in [5, 5.41) is 14.6. The molecule has 0 spiro atoms. The number of rotatable bonds is 5. The molecule has 0 atom stereocenters. The first-order valence-electron chi connectivity index (χ1n) is 4.78. The van der Waals surface area contributed by atoms with E-state index in [1.54, 1.807) is 4.68 Å². The number of nitrogens with one attached hydrogen (secondary N) is 1. The normalized spacial score (nSPS) is 10.9. The van der Waals surface area contributed by atoms with Crippen LogP contribution < -0.4 is 10.2 Å². The van der Waals surface area contributed by atoms with Gasteiger partial charge in [-0.1, -0.05) is 18.9 Å². The molecule has 0 aliphatic heterocycles. The van der Waals surface area contributed by atoms with Crippen molar-refractivity contribution in [1.29, 1.82) is 0 Å². The second-order valence-electron chi connectivity index (χ2n) is 3.63. The molecule has 0 radical (unpaired) electrons. The Morgan fingerprint density at radius 1 is 1.50 bits per heavy atom. The molecule has 0 aromatic carbocycles. The number of likely N-dealkylation sites (N-methyl/N-ethyl adjacent to an activating group) is 1. The molecule has 1 N–H and O–H groups in total. The van der Waals surface area contributed by atoms with Gasteiger partial charge in [-0.2, -0.15) is 0 Å². The Kier molecular flexibility index (Phi) is 3.82. The average Bonchev–Trinajstić information content (AvgIpc) is 2.50. The summed E-state index contributed by atoms with van der Waals surface area (Å²) in [4.78, 5) is 2.02. The van der Waals surface area contributed by atoms with Crippen LogP contribution in [-0.4, -0.2) is 46.4 Å². The van der Waals surface area contributed by atoms with Crippen LogP contribution >= 0.6 is 0 Å². The van der Waals surface area contributed by atoms with Crippen LogP contribution in [0.5, 0.6) is 0 Å². The number of hydrogen-bond donors (Lipinski definition) is 1. The number of nitrogens with zero attached hydrogens (tertiary/aromatic N) is 5. The van der Waals surface area contributed by atoms with E-state index in [1.807, 2.05) is 19.0 Å². The highest BCUT2D eigenvalue weighted by Crippen LogP contribution is 2.01. The lowest BCUT2D eigenvalue weighted by atomic mass is 10.4. The number of aryl methyl sites for hydroxylation is 1. The maximum atomic E-state index is 3.91. The van der Waals surface area contributed by atoms with Gasteiger partial charge in [-0.05, 0) is 10.4 Å². The number of aromatic nitrogens is 4. The Morgan fingerprint density at radius 2 is 2.21 bits per heavy atom. The van der Waals surface area contributed by atoms with Gasteiger partial charge in [-0.25, -0.2) is 4.68 Å². The van der Waals surface area contributed by atoms with E-state index in [0.29, 0.717) is 6.04 Å². The SMILES string of the molecule is CC(C)NCCN(C)c1nnnn1C. The Balaban J connectivity index is 2.36. The first kappa shape index (κ1) is 10.9. The topological polar surface area (TPSA) is 58.9 Å². The molecule has 0 amide bonds. The molecule has 0 aliphatic rings. The molecule has 0 saturated carbocycles. The zero-order chi connectivity index (χ0) is 10.6. The number of tetrazole rings is 1. The minimum Gasteiger partial charge on any atom is -0.341 e. The quantitative estimate of drug-likeness (QED) is 0.700. The van der Waals surface area contributed by atoms with Crippen molar-refractivity contribution in [3.8, 4) is 0 Å². The lowest BCUT2D eigenvalue weighted by molar-refractivity contribution is 0.583. The Hall–Kier alpha value is -1.17. The van der Waals surface area contributed by atoms with E-state index in [1.165, 1.54) is 0 Å². The fourth-order valence-electron chi connectivity index (χ4n) is 1.17. The van der Waals surface area contributed by atoms with Crippen LogP contribution in [0.1, 0.15) is 13.8 Å². The van der Waals surface area contributed by atoms with Crippen molar-refractivity contribution >= 4 is 5.95 Å². The van der Waals surface area contributed by atoms with E-state index < -0.39 is 0 Å². The molecule has 6 heteroatoms. The van der Waals surface area contributed by atoms with Gasteiger partial charge >= 0.3 is 0 Å². The smallest absolute Gasteiger partial charge is 0.245 e. The molecular formula is C8H18N6. The lowest BCUT2D eigenvalue weighted by Crippen LogP contribution is -2.33. The third kappa shape index (κ3) is 2.95. The van der Waals surface area contributed by atoms with Crippen LogP contribution in [-0.2, 0) is 7.05 Å². The fraction of sp³-hybridized carbons (Fsp3) is 0.875. The number of hydrogen-bond acceptors (Lipinski definition) is 5. The van der Waals surface area contributed by atoms with Gasteiger partial charge in [0.2, 0.25) is 5.95 Å². The van der Waals surface area contributed by atoms with E-state index in [4.69, 9.17) is 0 Å². The van der Waals surface area contributed by atoms with Crippen LogP contribution in [0.3, 0.4) is 0 Å². The molecule has 0 aliphatic carbocycles. The molecule has 0 bridgehead atoms. The first-order valence-corrected chi connectivity index (χ1v) is 4.78. The third-order valence-electron chi connectivity index (χ3n) is 1.94. The van der Waals surface area contributed by atoms with E-state index >= 15 is 0 Å². The molecule has 6 nitrogen and oxygen atoms in total. The van der Waals surface area contributed by atoms with Crippen LogP contribution in [0, 0.1) is 0 Å². The fourth-order valence-corrected chi connectivity index (χ4v) is 1.17. The second kappa shape index (κ2) is 4.90. The van der Waals surface area contributed by atoms with E-state index in [0.717, 1.165) is 19.0 Å². The molecule has 0 saturated heterocycles. The highest BCUT2D eigenvalue weighted by atomic mass is 15.6. The average molecular weight is 198 g/mol. The van der Waals surface area contributed by atoms with Gasteiger partial charge in [0.05, 0.1) is 0 Å². The van der Waals surface area contributed by atoms with Gasteiger partial charge in [0.1, 0.15) is 0 Å². The molecule has 80 valence electrons. The molecule has 0 fully saturated rings. The van der Waals surface area contributed by atoms with Crippen molar-refractivity contribution in [2.45, 2.75) is 19.9 Å². The van der Waals surface area contributed by atoms with Gasteiger partial charge in [0, 0.05) is 33.2 Å². The predicted molar refractivity (Wildman–Crippen MR) is 55.2 cm³/mol. The van der Waals surface area contributed by atoms with Crippen molar-refractivity contribution in [2.24, 2.45) is 7.05 Å². The molecule has 1 aromatic rings. The lowest BCUT2D eigenvalue weighted by Gasteiger charge is -2.17. The zero-order valence-electron chi connectivity index (χ0n) is 9.23. The summed E-state index contributed by atoms with van der Waals surface area (Å²) in [5.41, 5.74) is 0. The van der Waals surface area contributed by atoms with Crippen molar-refractivity contribution in [3.05, 3.63) is 0 Å². The highest BCUT2D eigenvalue weighted by molar-refractivity contribution is 5.25. The zero-order valence-corrected chi connectivity index (χ0v) is 9.23. The largest absolute Gasteiger partial charge is 0.341 e. The monoisotopic (exact) mass is 198 g/mol. The Morgan fingerprint density at radius 3 is 2.71 bits per heavy atom. The molecular weight excluding hydrogens is 180 g/mol. The summed E-state index contributed by atoms with van der Waals surface area (Å²) in [5.74, 6) is 0.788. The van der Waals surface area contributed by atoms with Crippen LogP contribution in [0.25, 0.3) is 0 Å². The van der Waals surface area contributed by atoms with E-state index in [-0.39, 0.29) is 0 Å². The van der Waals surface area contributed by atoms with Gasteiger partial charge in [-0.3, -0.25) is 0 Å². The molecule has 1 heterocycles. The van der Waals surface area contributed by atoms with Crippen molar-refractivity contribution in [2.75, 3.05) is 25.0 Å². The van der Waals surface area contributed by atoms with Gasteiger partial charge in [0.15, 0.2) is 0 Å². The molecule has 1 aromatic heterocycles. The van der Waals surface area contributed by atoms with Crippen molar-refractivity contribution in [3.63, 3.8) is 0 Å². The third-order valence-corrected chi connectivity index (χ3v) is 1.94. The second-order valence-corrected chi connectivity index (χ2v) is 3.63. The maximum absolute atomic E-state index is 3.91. The maximum Gasteiger partial charge on any atom is 0.245 e. The van der Waals surface area contributed by atoms with Gasteiger partial charge in [0.25, 0.3) is 0 Å². The summed E-state index contributed by atoms with van der Waals surface area (Å²) in [6.07, 6.45) is 0. The van der Waals surface area contributed by atoms with E-state index in [2.05, 4.69) is 34.7 Å². The molecule has 1 rings (SSSR count). The summed E-state index contributed by atoms with van der Waals surface area (Å²) in [6, 6.07) is 0.515. The minimum absolute atomic E-state index is 0.515. The minimum atomic E-state index is 0.515. The summed E-state index contributed by atoms with van der Waals surface area (Å²) >= 11 is 0. The van der Waals surface area contributed by atoms with Crippen LogP contribution in [0.15, 0.2) is 0 Å². The van der Waals surface area contributed by atoms with E-state index in [9.17, 15) is 0 Å². The summed E-state index contributed by atoms with van der Waals surface area (Å²) in [7, 11) is 3.81. The molecule has 0 unspecified atom stereocenters. The molecule has 14 heavy (non-hydrogen) atoms. The Bertz CT molecular complexity index is 269. The van der Waals surface area contributed by atoms with Crippen LogP contribution in [0.2, 0.25) is 0 Å². The Labute approximate surface area is 84.3 Å². The standard InChI is InChI=1S/C8H18N6/c1-7(2)9-5-6-13(3)8-10-11-12-14(8)4/h7,9H,5-6H2,1-4H3. The van der Waals surface area contributed by atoms with Gasteiger partial charge in [-0.15, -0.1) is 0 Å². The van der Waals surface area contributed by atoms with Crippen LogP contribution in [0.4, 0.5) is 5.95 Å². The van der Waals surface area contributed by atoms with Crippen molar-refractivity contribution < 1.29 is 0 Å². The number of anilines is 1. The van der Waals surface area contributed by atoms with Crippen molar-refractivity contribution in [1.82, 2.24) is 25.5 Å². The summed E-state index contributed by atoms with van der Waals surface area (Å²) in [6.45, 7) is 6.08. The highest BCUT2D eigenvalue weighted by Gasteiger charge is 2.07. The first-order chi connectivity index (χ1) is 6.61. The summed E-state index contributed by atoms with van der Waals surface area (Å²) < 4.78 is 1.66.